The molecule has 11 heteroatoms. The fourth-order valence-corrected chi connectivity index (χ4v) is 8.50. The number of carbonyl (C=O) groups is 4. The van der Waals surface area contributed by atoms with Crippen molar-refractivity contribution in [1.29, 1.82) is 0 Å². The maximum Gasteiger partial charge on any atom is 0.237 e. The number of nitrogens with two attached hydrogens (primary N) is 1. The Hall–Kier alpha value is -3.83. The molecule has 1 saturated carbocycles. The molecule has 4 heterocycles. The van der Waals surface area contributed by atoms with Crippen molar-refractivity contribution in [3.63, 3.8) is 0 Å². The lowest BCUT2D eigenvalue weighted by Gasteiger charge is -2.35. The zero-order valence-electron chi connectivity index (χ0n) is 27.3. The van der Waals surface area contributed by atoms with Crippen LogP contribution in [0.5, 0.6) is 0 Å². The molecule has 0 bridgehead atoms. The normalized spacial score (nSPS) is 25.0. The summed E-state index contributed by atoms with van der Waals surface area (Å²) < 4.78 is 5.94. The van der Waals surface area contributed by atoms with Gasteiger partial charge in [-0.2, -0.15) is 4.37 Å². The van der Waals surface area contributed by atoms with Gasteiger partial charge in [0.1, 0.15) is 5.82 Å². The Morgan fingerprint density at radius 1 is 0.894 bits per heavy atom. The average molecular weight is 659 g/mol. The second-order valence-corrected chi connectivity index (χ2v) is 14.1. The van der Waals surface area contributed by atoms with E-state index >= 15 is 0 Å². The third-order valence-corrected chi connectivity index (χ3v) is 11.4. The first kappa shape index (κ1) is 33.1. The molecular weight excluding hydrogens is 613 g/mol. The Balaban J connectivity index is 0.000000193. The van der Waals surface area contributed by atoms with E-state index in [9.17, 15) is 19.2 Å². The number of piperidine rings is 1. The predicted octanol–water partition coefficient (Wildman–Crippen LogP) is 4.73. The number of aromatic nitrogens is 1. The standard InChI is InChI=1S/C23H30N4O2S.C13H16N2O2/c28-22-17-7-1-2-8-18(17)23(29)27(22)12-6-5-11-25-13-15-26(16-14-25)21-19-9-3-4-10-20(19)30-24-21;1-2-13(8-7-11(16)15-12(13)17)9-3-5-10(14)6-4-9/h3-4,9-10,17-18H,1-2,5-8,11-16H2;3-6H,2,7-8,14H2,1H3,(H,15,16,17)/t17-,18+;. The van der Waals surface area contributed by atoms with Gasteiger partial charge in [-0.15, -0.1) is 0 Å². The quantitative estimate of drug-likeness (QED) is 0.202. The second-order valence-electron chi connectivity index (χ2n) is 13.3. The molecule has 0 spiro atoms. The van der Waals surface area contributed by atoms with E-state index in [1.807, 2.05) is 19.1 Å². The zero-order valence-corrected chi connectivity index (χ0v) is 28.1. The van der Waals surface area contributed by atoms with E-state index in [2.05, 4.69) is 43.8 Å². The molecule has 10 nitrogen and oxygen atoms in total. The maximum atomic E-state index is 12.6. The molecule has 4 fully saturated rings. The van der Waals surface area contributed by atoms with E-state index < -0.39 is 5.41 Å². The molecule has 2 aromatic carbocycles. The number of nitrogens with zero attached hydrogens (tertiary/aromatic N) is 4. The van der Waals surface area contributed by atoms with Gasteiger partial charge in [-0.25, -0.2) is 0 Å². The molecule has 7 rings (SSSR count). The Morgan fingerprint density at radius 2 is 1.55 bits per heavy atom. The van der Waals surface area contributed by atoms with Crippen LogP contribution in [0.1, 0.15) is 70.3 Å². The molecule has 0 radical (unpaired) electrons. The SMILES string of the molecule is CCC1(c2ccc(N)cc2)CCC(=O)NC1=O.O=C1[C@H]2CCCC[C@H]2C(=O)N1CCCCN1CCN(c2nsc3ccccc23)CC1. The summed E-state index contributed by atoms with van der Waals surface area (Å²) in [5.74, 6) is 0.933. The molecule has 3 atom stereocenters. The van der Waals surface area contributed by atoms with Crippen LogP contribution < -0.4 is 16.0 Å². The molecule has 250 valence electrons. The third-order valence-electron chi connectivity index (χ3n) is 10.6. The zero-order chi connectivity index (χ0) is 33.0. The maximum absolute atomic E-state index is 12.6. The molecule has 4 aliphatic rings. The van der Waals surface area contributed by atoms with Crippen molar-refractivity contribution >= 4 is 56.8 Å². The highest BCUT2D eigenvalue weighted by atomic mass is 32.1. The molecule has 3 aromatic rings. The second kappa shape index (κ2) is 14.5. The minimum absolute atomic E-state index is 0.0128. The third kappa shape index (κ3) is 6.92. The number of nitrogen functional groups attached to an aromatic ring is 1. The molecule has 47 heavy (non-hydrogen) atoms. The summed E-state index contributed by atoms with van der Waals surface area (Å²) in [7, 11) is 0. The van der Waals surface area contributed by atoms with Crippen LogP contribution in [0.4, 0.5) is 11.5 Å². The summed E-state index contributed by atoms with van der Waals surface area (Å²) in [6.07, 6.45) is 7.58. The summed E-state index contributed by atoms with van der Waals surface area (Å²) >= 11 is 1.58. The van der Waals surface area contributed by atoms with Crippen molar-refractivity contribution in [3.8, 4) is 0 Å². The van der Waals surface area contributed by atoms with E-state index in [0.717, 1.165) is 82.6 Å². The largest absolute Gasteiger partial charge is 0.399 e. The number of hydrogen-bond donors (Lipinski definition) is 2. The summed E-state index contributed by atoms with van der Waals surface area (Å²) in [5.41, 5.74) is 6.66. The van der Waals surface area contributed by atoms with E-state index in [1.165, 1.54) is 10.1 Å². The molecule has 1 aliphatic carbocycles. The van der Waals surface area contributed by atoms with Crippen LogP contribution in [0, 0.1) is 11.8 Å². The number of anilines is 2. The van der Waals surface area contributed by atoms with Gasteiger partial charge >= 0.3 is 0 Å². The number of rotatable bonds is 8. The fraction of sp³-hybridized carbons (Fsp3) is 0.528. The van der Waals surface area contributed by atoms with Gasteiger partial charge < -0.3 is 10.6 Å². The van der Waals surface area contributed by atoms with Gasteiger partial charge in [0.2, 0.25) is 23.6 Å². The fourth-order valence-electron chi connectivity index (χ4n) is 7.71. The smallest absolute Gasteiger partial charge is 0.237 e. The predicted molar refractivity (Wildman–Crippen MR) is 185 cm³/mol. The van der Waals surface area contributed by atoms with Crippen molar-refractivity contribution < 1.29 is 19.2 Å². The minimum Gasteiger partial charge on any atom is -0.399 e. The Kier molecular flexibility index (Phi) is 10.2. The highest BCUT2D eigenvalue weighted by Gasteiger charge is 2.47. The van der Waals surface area contributed by atoms with Crippen LogP contribution in [0.25, 0.3) is 10.1 Å². The van der Waals surface area contributed by atoms with Crippen LogP contribution in [0.2, 0.25) is 0 Å². The van der Waals surface area contributed by atoms with Crippen molar-refractivity contribution in [2.24, 2.45) is 11.8 Å². The summed E-state index contributed by atoms with van der Waals surface area (Å²) in [4.78, 5) is 54.9. The number of nitrogens with one attached hydrogen (secondary N) is 1. The van der Waals surface area contributed by atoms with Crippen molar-refractivity contribution in [2.75, 3.05) is 49.9 Å². The molecule has 1 unspecified atom stereocenters. The van der Waals surface area contributed by atoms with Gasteiger partial charge in [0.25, 0.3) is 0 Å². The van der Waals surface area contributed by atoms with Gasteiger partial charge in [-0.3, -0.25) is 34.3 Å². The number of fused-ring (bicyclic) bond motifs is 2. The number of piperazine rings is 1. The van der Waals surface area contributed by atoms with Gasteiger partial charge in [0.05, 0.1) is 22.0 Å². The lowest BCUT2D eigenvalue weighted by molar-refractivity contribution is -0.140. The summed E-state index contributed by atoms with van der Waals surface area (Å²) in [5, 5.41) is 3.69. The van der Waals surface area contributed by atoms with Gasteiger partial charge in [-0.1, -0.05) is 44.0 Å². The number of amides is 4. The lowest BCUT2D eigenvalue weighted by Crippen LogP contribution is -2.51. The number of unbranched alkanes of at least 4 members (excludes halogenated alkanes) is 1. The minimum atomic E-state index is -0.582. The molecular formula is C36H46N6O4S. The van der Waals surface area contributed by atoms with Gasteiger partial charge in [0, 0.05) is 50.2 Å². The molecule has 3 aliphatic heterocycles. The molecule has 1 aromatic heterocycles. The average Bonchev–Trinajstić information content (AvgIpc) is 3.63. The van der Waals surface area contributed by atoms with E-state index in [4.69, 9.17) is 5.73 Å². The lowest BCUT2D eigenvalue weighted by atomic mass is 9.72. The monoisotopic (exact) mass is 658 g/mol. The number of carbonyl (C=O) groups excluding carboxylic acids is 4. The Morgan fingerprint density at radius 3 is 2.21 bits per heavy atom. The van der Waals surface area contributed by atoms with Crippen molar-refractivity contribution in [1.82, 2.24) is 19.5 Å². The first-order chi connectivity index (χ1) is 22.8. The first-order valence-corrected chi connectivity index (χ1v) is 18.0. The summed E-state index contributed by atoms with van der Waals surface area (Å²) in [6, 6.07) is 15.8. The highest BCUT2D eigenvalue weighted by Crippen LogP contribution is 2.38. The molecule has 3 saturated heterocycles. The first-order valence-electron chi connectivity index (χ1n) is 17.2. The summed E-state index contributed by atoms with van der Waals surface area (Å²) in [6.45, 7) is 7.69. The topological polar surface area (TPSA) is 129 Å². The van der Waals surface area contributed by atoms with Crippen LogP contribution in [0.15, 0.2) is 48.5 Å². The van der Waals surface area contributed by atoms with Crippen molar-refractivity contribution in [3.05, 3.63) is 54.1 Å². The Labute approximate surface area is 280 Å². The van der Waals surface area contributed by atoms with Crippen molar-refractivity contribution in [2.45, 2.75) is 70.1 Å². The van der Waals surface area contributed by atoms with Crippen LogP contribution >= 0.6 is 11.5 Å². The van der Waals surface area contributed by atoms with Crippen LogP contribution in [-0.4, -0.2) is 77.1 Å². The molecule has 4 amide bonds. The number of imide groups is 2. The molecule has 3 N–H and O–H groups in total. The van der Waals surface area contributed by atoms with E-state index in [1.54, 1.807) is 28.6 Å². The van der Waals surface area contributed by atoms with Gasteiger partial charge in [0.15, 0.2) is 0 Å². The van der Waals surface area contributed by atoms with Crippen LogP contribution in [0.3, 0.4) is 0 Å². The van der Waals surface area contributed by atoms with E-state index in [-0.39, 0.29) is 35.5 Å². The Bertz CT molecular complexity index is 1580. The number of benzene rings is 2. The highest BCUT2D eigenvalue weighted by molar-refractivity contribution is 7.13. The van der Waals surface area contributed by atoms with Gasteiger partial charge in [-0.05, 0) is 86.4 Å². The van der Waals surface area contributed by atoms with Crippen LogP contribution in [-0.2, 0) is 24.6 Å². The number of likely N-dealkylation sites (tertiary alicyclic amines) is 1. The number of hydrogen-bond acceptors (Lipinski definition) is 9. The van der Waals surface area contributed by atoms with E-state index in [0.29, 0.717) is 31.5 Å².